The smallest absolute Gasteiger partial charge is 0.243 e. The second-order valence-electron chi connectivity index (χ2n) is 8.08. The minimum atomic E-state index is -3.68. The summed E-state index contributed by atoms with van der Waals surface area (Å²) in [5, 5.41) is 0.846. The van der Waals surface area contributed by atoms with Gasteiger partial charge in [-0.1, -0.05) is 6.08 Å². The van der Waals surface area contributed by atoms with Crippen LogP contribution in [0.25, 0.3) is 16.6 Å². The van der Waals surface area contributed by atoms with E-state index in [0.717, 1.165) is 22.8 Å². The quantitative estimate of drug-likeness (QED) is 0.469. The number of aldehydes is 1. The van der Waals surface area contributed by atoms with Crippen molar-refractivity contribution in [3.8, 4) is 11.6 Å². The molecular weight excluding hydrogens is 442 g/mol. The Bertz CT molecular complexity index is 1290. The minimum absolute atomic E-state index is 0.0121. The lowest BCUT2D eigenvalue weighted by Crippen LogP contribution is -2.35. The summed E-state index contributed by atoms with van der Waals surface area (Å²) in [5.41, 5.74) is 2.37. The van der Waals surface area contributed by atoms with Gasteiger partial charge in [0.2, 0.25) is 15.9 Å². The maximum Gasteiger partial charge on any atom is 0.243 e. The van der Waals surface area contributed by atoms with Crippen molar-refractivity contribution in [2.24, 2.45) is 0 Å². The van der Waals surface area contributed by atoms with Crippen LogP contribution in [0.5, 0.6) is 11.6 Å². The lowest BCUT2D eigenvalue weighted by atomic mass is 10.0. The van der Waals surface area contributed by atoms with Crippen molar-refractivity contribution in [1.82, 2.24) is 13.9 Å². The van der Waals surface area contributed by atoms with E-state index in [9.17, 15) is 13.2 Å². The number of rotatable bonds is 8. The summed E-state index contributed by atoms with van der Waals surface area (Å²) in [7, 11) is -2.14. The molecule has 0 saturated carbocycles. The third kappa shape index (κ3) is 4.65. The fourth-order valence-corrected chi connectivity index (χ4v) is 5.40. The lowest BCUT2D eigenvalue weighted by Gasteiger charge is -2.27. The average molecular weight is 470 g/mol. The normalized spacial score (nSPS) is 15.0. The number of carbonyl (C=O) groups is 1. The number of hydrogen-bond donors (Lipinski definition) is 0. The third-order valence-corrected chi connectivity index (χ3v) is 7.33. The number of methoxy groups -OCH3 is 1. The number of sulfonamides is 1. The molecule has 0 saturated heterocycles. The van der Waals surface area contributed by atoms with E-state index in [-0.39, 0.29) is 24.1 Å². The number of hydrogen-bond acceptors (Lipinski definition) is 6. The highest BCUT2D eigenvalue weighted by atomic mass is 32.2. The molecule has 9 heteroatoms. The zero-order valence-electron chi connectivity index (χ0n) is 18.9. The molecule has 0 fully saturated rings. The van der Waals surface area contributed by atoms with Crippen molar-refractivity contribution in [2.75, 3.05) is 20.2 Å². The van der Waals surface area contributed by atoms with Gasteiger partial charge in [-0.2, -0.15) is 9.29 Å². The van der Waals surface area contributed by atoms with Gasteiger partial charge in [0.15, 0.2) is 0 Å². The highest BCUT2D eigenvalue weighted by molar-refractivity contribution is 7.89. The number of fused-ring (bicyclic) bond motifs is 1. The van der Waals surface area contributed by atoms with Crippen LogP contribution in [-0.2, 0) is 21.4 Å². The van der Waals surface area contributed by atoms with Crippen molar-refractivity contribution >= 4 is 32.9 Å². The van der Waals surface area contributed by atoms with Crippen LogP contribution in [0.2, 0.25) is 0 Å². The maximum atomic E-state index is 13.3. The molecule has 1 aromatic carbocycles. The van der Waals surface area contributed by atoms with Gasteiger partial charge in [-0.3, -0.25) is 0 Å². The van der Waals surface area contributed by atoms with E-state index in [2.05, 4.69) is 11.1 Å². The van der Waals surface area contributed by atoms with Gasteiger partial charge in [0.25, 0.3) is 0 Å². The molecule has 0 bridgehead atoms. The first-order chi connectivity index (χ1) is 15.8. The van der Waals surface area contributed by atoms with Gasteiger partial charge < -0.3 is 18.8 Å². The Morgan fingerprint density at radius 3 is 2.58 bits per heavy atom. The van der Waals surface area contributed by atoms with E-state index in [1.54, 1.807) is 34.9 Å². The van der Waals surface area contributed by atoms with Gasteiger partial charge in [0.1, 0.15) is 17.7 Å². The van der Waals surface area contributed by atoms with Crippen LogP contribution in [0.15, 0.2) is 53.6 Å². The highest BCUT2D eigenvalue weighted by Gasteiger charge is 2.28. The van der Waals surface area contributed by atoms with Crippen molar-refractivity contribution in [1.29, 1.82) is 0 Å². The van der Waals surface area contributed by atoms with Crippen molar-refractivity contribution in [2.45, 2.75) is 37.8 Å². The Labute approximate surface area is 193 Å². The van der Waals surface area contributed by atoms with Crippen molar-refractivity contribution in [3.05, 3.63) is 54.2 Å². The standard InChI is InChI=1S/C24H27N3O5S/c1-17(2)32-19-6-8-20(9-7-19)33(29,30)27-12-4-5-18(15-27)22-16-26(13-14-28)24-21(22)10-11-23(25-24)31-3/h5-11,14,16-17H,4,12-13,15H2,1-3H3. The van der Waals surface area contributed by atoms with Crippen LogP contribution in [0, 0.1) is 0 Å². The third-order valence-electron chi connectivity index (χ3n) is 5.47. The average Bonchev–Trinajstić information content (AvgIpc) is 3.17. The maximum absolute atomic E-state index is 13.3. The van der Waals surface area contributed by atoms with Gasteiger partial charge in [0, 0.05) is 36.3 Å². The molecule has 0 aliphatic carbocycles. The minimum Gasteiger partial charge on any atom is -0.491 e. The van der Waals surface area contributed by atoms with Gasteiger partial charge >= 0.3 is 0 Å². The zero-order chi connectivity index (χ0) is 23.6. The number of pyridine rings is 1. The topological polar surface area (TPSA) is 90.7 Å². The summed E-state index contributed by atoms with van der Waals surface area (Å²) < 4.78 is 40.7. The van der Waals surface area contributed by atoms with E-state index in [1.807, 2.05) is 26.1 Å². The molecule has 8 nitrogen and oxygen atoms in total. The Morgan fingerprint density at radius 1 is 1.15 bits per heavy atom. The lowest BCUT2D eigenvalue weighted by molar-refractivity contribution is -0.108. The van der Waals surface area contributed by atoms with Crippen LogP contribution >= 0.6 is 0 Å². The molecule has 0 N–H and O–H groups in total. The SMILES string of the molecule is COc1ccc2c(C3=CCCN(S(=O)(=O)c4ccc(OC(C)C)cc4)C3)cn(CC=O)c2n1. The van der Waals surface area contributed by atoms with E-state index >= 15 is 0 Å². The molecule has 4 rings (SSSR count). The summed E-state index contributed by atoms with van der Waals surface area (Å²) in [6, 6.07) is 10.2. The van der Waals surface area contributed by atoms with E-state index in [1.165, 1.54) is 11.4 Å². The number of aromatic nitrogens is 2. The van der Waals surface area contributed by atoms with Crippen LogP contribution in [-0.4, -0.2) is 54.9 Å². The summed E-state index contributed by atoms with van der Waals surface area (Å²) in [6.07, 6.45) is 5.32. The van der Waals surface area contributed by atoms with E-state index in [4.69, 9.17) is 9.47 Å². The fourth-order valence-electron chi connectivity index (χ4n) is 3.96. The van der Waals surface area contributed by atoms with E-state index < -0.39 is 10.0 Å². The molecule has 3 heterocycles. The molecule has 0 atom stereocenters. The van der Waals surface area contributed by atoms with E-state index in [0.29, 0.717) is 30.2 Å². The molecule has 3 aromatic rings. The molecule has 1 aliphatic heterocycles. The first-order valence-corrected chi connectivity index (χ1v) is 12.2. The second-order valence-corrected chi connectivity index (χ2v) is 10.0. The summed E-state index contributed by atoms with van der Waals surface area (Å²) in [4.78, 5) is 15.9. The largest absolute Gasteiger partial charge is 0.491 e. The summed E-state index contributed by atoms with van der Waals surface area (Å²) >= 11 is 0. The fraction of sp³-hybridized carbons (Fsp3) is 0.333. The molecule has 0 unspecified atom stereocenters. The van der Waals surface area contributed by atoms with Crippen molar-refractivity contribution in [3.63, 3.8) is 0 Å². The molecule has 0 spiro atoms. The Balaban J connectivity index is 1.64. The number of nitrogens with zero attached hydrogens (tertiary/aromatic N) is 3. The Morgan fingerprint density at radius 2 is 1.91 bits per heavy atom. The summed E-state index contributed by atoms with van der Waals surface area (Å²) in [5.74, 6) is 1.08. The molecule has 0 amide bonds. The monoisotopic (exact) mass is 469 g/mol. The van der Waals surface area contributed by atoms with Gasteiger partial charge in [-0.15, -0.1) is 0 Å². The molecule has 1 aliphatic rings. The molecule has 174 valence electrons. The molecule has 33 heavy (non-hydrogen) atoms. The van der Waals surface area contributed by atoms with Crippen LogP contribution < -0.4 is 9.47 Å². The van der Waals surface area contributed by atoms with Crippen LogP contribution in [0.1, 0.15) is 25.8 Å². The first-order valence-electron chi connectivity index (χ1n) is 10.8. The molecule has 2 aromatic heterocycles. The predicted molar refractivity (Wildman–Crippen MR) is 126 cm³/mol. The van der Waals surface area contributed by atoms with Gasteiger partial charge in [-0.05, 0) is 56.2 Å². The zero-order valence-corrected chi connectivity index (χ0v) is 19.7. The number of benzene rings is 1. The molecular formula is C24H27N3O5S. The van der Waals surface area contributed by atoms with Gasteiger partial charge in [0.05, 0.1) is 24.7 Å². The van der Waals surface area contributed by atoms with Gasteiger partial charge in [-0.25, -0.2) is 8.42 Å². The summed E-state index contributed by atoms with van der Waals surface area (Å²) in [6.45, 7) is 4.62. The van der Waals surface area contributed by atoms with Crippen LogP contribution in [0.3, 0.4) is 0 Å². The Kier molecular flexibility index (Phi) is 6.53. The van der Waals surface area contributed by atoms with Crippen LogP contribution in [0.4, 0.5) is 0 Å². The first kappa shape index (κ1) is 23.0. The van der Waals surface area contributed by atoms with Crippen molar-refractivity contribution < 1.29 is 22.7 Å². The number of carbonyl (C=O) groups excluding carboxylic acids is 1. The Hall–Kier alpha value is -3.17. The predicted octanol–water partition coefficient (Wildman–Crippen LogP) is 3.51. The number of ether oxygens (including phenoxy) is 2. The molecule has 0 radical (unpaired) electrons. The highest BCUT2D eigenvalue weighted by Crippen LogP contribution is 2.32. The second kappa shape index (κ2) is 9.36.